The monoisotopic (exact) mass is 184 g/mol. The SMILES string of the molecule is CC1CC(C)(C)OB(C(C)(C)C)O1. The Morgan fingerprint density at radius 3 is 2.23 bits per heavy atom. The van der Waals surface area contributed by atoms with Gasteiger partial charge in [-0.1, -0.05) is 20.8 Å². The summed E-state index contributed by atoms with van der Waals surface area (Å²) in [5, 5.41) is 0.0615. The lowest BCUT2D eigenvalue weighted by Gasteiger charge is -2.42. The van der Waals surface area contributed by atoms with Gasteiger partial charge in [-0.2, -0.15) is 0 Å². The van der Waals surface area contributed by atoms with Gasteiger partial charge in [0.25, 0.3) is 0 Å². The highest BCUT2D eigenvalue weighted by atomic mass is 16.6. The molecular formula is C10H21BO2. The van der Waals surface area contributed by atoms with Crippen molar-refractivity contribution in [3.63, 3.8) is 0 Å². The zero-order chi connectivity index (χ0) is 10.3. The van der Waals surface area contributed by atoms with Crippen LogP contribution in [0.2, 0.25) is 5.31 Å². The van der Waals surface area contributed by atoms with Gasteiger partial charge >= 0.3 is 7.12 Å². The lowest BCUT2D eigenvalue weighted by Crippen LogP contribution is -2.49. The third-order valence-electron chi connectivity index (χ3n) is 2.27. The van der Waals surface area contributed by atoms with Gasteiger partial charge in [0.2, 0.25) is 0 Å². The normalized spacial score (nSPS) is 29.1. The van der Waals surface area contributed by atoms with Gasteiger partial charge in [-0.25, -0.2) is 0 Å². The largest absolute Gasteiger partial charge is 0.463 e. The van der Waals surface area contributed by atoms with Crippen molar-refractivity contribution in [1.29, 1.82) is 0 Å². The van der Waals surface area contributed by atoms with Gasteiger partial charge in [0, 0.05) is 6.10 Å². The fourth-order valence-corrected chi connectivity index (χ4v) is 1.70. The van der Waals surface area contributed by atoms with Crippen LogP contribution in [-0.2, 0) is 9.31 Å². The Hall–Kier alpha value is -0.0151. The maximum Gasteiger partial charge on any atom is 0.463 e. The molecule has 0 aromatic heterocycles. The molecule has 3 heteroatoms. The first-order chi connectivity index (χ1) is 5.71. The van der Waals surface area contributed by atoms with Crippen LogP contribution in [0.1, 0.15) is 48.0 Å². The minimum atomic E-state index is -0.0775. The van der Waals surface area contributed by atoms with Crippen LogP contribution in [-0.4, -0.2) is 18.8 Å². The average molecular weight is 184 g/mol. The standard InChI is InChI=1S/C10H21BO2/c1-8-7-10(5,6)13-11(12-8)9(2,3)4/h8H,7H2,1-6H3. The molecule has 0 aromatic rings. The minimum absolute atomic E-state index is 0.0460. The van der Waals surface area contributed by atoms with Crippen molar-refractivity contribution in [3.05, 3.63) is 0 Å². The Morgan fingerprint density at radius 1 is 1.31 bits per heavy atom. The van der Waals surface area contributed by atoms with Crippen molar-refractivity contribution in [1.82, 2.24) is 0 Å². The maximum atomic E-state index is 5.89. The zero-order valence-electron chi connectivity index (χ0n) is 9.68. The predicted octanol–water partition coefficient (Wildman–Crippen LogP) is 2.88. The van der Waals surface area contributed by atoms with E-state index in [2.05, 4.69) is 41.5 Å². The smallest absolute Gasteiger partial charge is 0.408 e. The first-order valence-corrected chi connectivity index (χ1v) is 5.04. The molecule has 1 aliphatic rings. The van der Waals surface area contributed by atoms with Gasteiger partial charge in [-0.05, 0) is 32.5 Å². The summed E-state index contributed by atoms with van der Waals surface area (Å²) in [7, 11) is -0.0775. The van der Waals surface area contributed by atoms with Crippen LogP contribution in [0.3, 0.4) is 0 Å². The Bertz CT molecular complexity index is 184. The molecule has 76 valence electrons. The van der Waals surface area contributed by atoms with Crippen LogP contribution in [0.15, 0.2) is 0 Å². The van der Waals surface area contributed by atoms with Gasteiger partial charge in [0.1, 0.15) is 0 Å². The van der Waals surface area contributed by atoms with Gasteiger partial charge in [0.15, 0.2) is 0 Å². The molecule has 1 saturated heterocycles. The van der Waals surface area contributed by atoms with Crippen LogP contribution in [0.25, 0.3) is 0 Å². The highest BCUT2D eigenvalue weighted by Crippen LogP contribution is 2.36. The molecule has 1 heterocycles. The molecule has 0 bridgehead atoms. The quantitative estimate of drug-likeness (QED) is 0.539. The van der Waals surface area contributed by atoms with E-state index in [-0.39, 0.29) is 18.0 Å². The number of rotatable bonds is 0. The molecule has 0 aliphatic carbocycles. The van der Waals surface area contributed by atoms with E-state index in [1.807, 2.05) is 0 Å². The number of hydrogen-bond acceptors (Lipinski definition) is 2. The highest BCUT2D eigenvalue weighted by Gasteiger charge is 2.43. The van der Waals surface area contributed by atoms with Gasteiger partial charge in [-0.3, -0.25) is 0 Å². The summed E-state index contributed by atoms with van der Waals surface area (Å²) in [5.74, 6) is 0. The van der Waals surface area contributed by atoms with Gasteiger partial charge in [-0.15, -0.1) is 0 Å². The van der Waals surface area contributed by atoms with Crippen LogP contribution in [0.5, 0.6) is 0 Å². The third-order valence-corrected chi connectivity index (χ3v) is 2.27. The molecule has 1 rings (SSSR count). The van der Waals surface area contributed by atoms with Crippen molar-refractivity contribution in [3.8, 4) is 0 Å². The molecule has 1 unspecified atom stereocenters. The Balaban J connectivity index is 2.69. The Kier molecular flexibility index (Phi) is 2.79. The van der Waals surface area contributed by atoms with E-state index in [9.17, 15) is 0 Å². The first-order valence-electron chi connectivity index (χ1n) is 5.04. The van der Waals surface area contributed by atoms with Crippen molar-refractivity contribution in [2.75, 3.05) is 0 Å². The van der Waals surface area contributed by atoms with Crippen LogP contribution >= 0.6 is 0 Å². The van der Waals surface area contributed by atoms with E-state index in [4.69, 9.17) is 9.31 Å². The van der Waals surface area contributed by atoms with E-state index in [1.54, 1.807) is 0 Å². The minimum Gasteiger partial charge on any atom is -0.408 e. The summed E-state index contributed by atoms with van der Waals surface area (Å²) in [6, 6.07) is 0. The van der Waals surface area contributed by atoms with Crippen molar-refractivity contribution >= 4 is 7.12 Å². The lowest BCUT2D eigenvalue weighted by atomic mass is 9.59. The number of hydrogen-bond donors (Lipinski definition) is 0. The summed E-state index contributed by atoms with van der Waals surface area (Å²) >= 11 is 0. The van der Waals surface area contributed by atoms with E-state index >= 15 is 0 Å². The van der Waals surface area contributed by atoms with E-state index in [0.29, 0.717) is 6.10 Å². The van der Waals surface area contributed by atoms with Crippen molar-refractivity contribution < 1.29 is 9.31 Å². The molecule has 2 nitrogen and oxygen atoms in total. The highest BCUT2D eigenvalue weighted by molar-refractivity contribution is 6.48. The molecule has 0 amide bonds. The van der Waals surface area contributed by atoms with Gasteiger partial charge < -0.3 is 9.31 Å². The van der Waals surface area contributed by atoms with E-state index in [1.165, 1.54) is 0 Å². The van der Waals surface area contributed by atoms with Gasteiger partial charge in [0.05, 0.1) is 5.60 Å². The predicted molar refractivity (Wildman–Crippen MR) is 55.8 cm³/mol. The lowest BCUT2D eigenvalue weighted by molar-refractivity contribution is -0.0364. The molecule has 1 fully saturated rings. The second-order valence-electron chi connectivity index (χ2n) is 5.73. The first kappa shape index (κ1) is 11.1. The molecule has 0 saturated carbocycles. The molecule has 0 radical (unpaired) electrons. The zero-order valence-corrected chi connectivity index (χ0v) is 9.68. The third kappa shape index (κ3) is 2.99. The average Bonchev–Trinajstić information content (AvgIpc) is 1.79. The Labute approximate surface area is 82.1 Å². The fraction of sp³-hybridized carbons (Fsp3) is 1.00. The molecule has 0 aromatic carbocycles. The molecule has 1 aliphatic heterocycles. The van der Waals surface area contributed by atoms with Crippen LogP contribution in [0, 0.1) is 0 Å². The van der Waals surface area contributed by atoms with Crippen LogP contribution in [0.4, 0.5) is 0 Å². The molecule has 13 heavy (non-hydrogen) atoms. The Morgan fingerprint density at radius 2 is 1.85 bits per heavy atom. The summed E-state index contributed by atoms with van der Waals surface area (Å²) in [5.41, 5.74) is -0.0460. The topological polar surface area (TPSA) is 18.5 Å². The molecule has 1 atom stereocenters. The van der Waals surface area contributed by atoms with Crippen LogP contribution < -0.4 is 0 Å². The summed E-state index contributed by atoms with van der Waals surface area (Å²) in [6.07, 6.45) is 1.27. The second-order valence-corrected chi connectivity index (χ2v) is 5.73. The van der Waals surface area contributed by atoms with Crippen molar-refractivity contribution in [2.24, 2.45) is 0 Å². The van der Waals surface area contributed by atoms with E-state index in [0.717, 1.165) is 6.42 Å². The second kappa shape index (κ2) is 3.28. The molecule has 0 N–H and O–H groups in total. The summed E-state index contributed by atoms with van der Waals surface area (Å²) in [6.45, 7) is 12.8. The van der Waals surface area contributed by atoms with Crippen molar-refractivity contribution in [2.45, 2.75) is 65.0 Å². The summed E-state index contributed by atoms with van der Waals surface area (Å²) < 4.78 is 11.7. The fourth-order valence-electron chi connectivity index (χ4n) is 1.70. The summed E-state index contributed by atoms with van der Waals surface area (Å²) in [4.78, 5) is 0. The molecule has 0 spiro atoms. The maximum absolute atomic E-state index is 5.89. The molecular weight excluding hydrogens is 163 g/mol. The van der Waals surface area contributed by atoms with E-state index < -0.39 is 0 Å².